The van der Waals surface area contributed by atoms with Crippen molar-refractivity contribution < 1.29 is 8.42 Å². The molecular weight excluding hydrogens is 470 g/mol. The van der Waals surface area contributed by atoms with E-state index < -0.39 is 10.0 Å². The fourth-order valence-electron chi connectivity index (χ4n) is 6.06. The summed E-state index contributed by atoms with van der Waals surface area (Å²) in [4.78, 5) is 7.71. The first-order valence-electron chi connectivity index (χ1n) is 13.1. The van der Waals surface area contributed by atoms with Crippen molar-refractivity contribution in [3.05, 3.63) is 66.7 Å². The van der Waals surface area contributed by atoms with Gasteiger partial charge in [0.05, 0.1) is 11.1 Å². The molecule has 0 amide bonds. The number of likely N-dealkylation sites (tertiary alicyclic amines) is 1. The Morgan fingerprint density at radius 1 is 0.917 bits per heavy atom. The summed E-state index contributed by atoms with van der Waals surface area (Å²) < 4.78 is 30.2. The first-order valence-corrected chi connectivity index (χ1v) is 14.5. The van der Waals surface area contributed by atoms with Crippen molar-refractivity contribution >= 4 is 21.1 Å². The van der Waals surface area contributed by atoms with E-state index in [0.717, 1.165) is 29.4 Å². The molecule has 0 unspecified atom stereocenters. The van der Waals surface area contributed by atoms with E-state index in [-0.39, 0.29) is 4.90 Å². The van der Waals surface area contributed by atoms with E-state index in [1.54, 1.807) is 41.3 Å². The van der Waals surface area contributed by atoms with Crippen molar-refractivity contribution in [3.8, 4) is 11.1 Å². The van der Waals surface area contributed by atoms with Crippen molar-refractivity contribution in [2.75, 3.05) is 13.1 Å². The van der Waals surface area contributed by atoms with E-state index >= 15 is 0 Å². The smallest absolute Gasteiger partial charge is 0.269 e. The maximum Gasteiger partial charge on any atom is 0.269 e. The van der Waals surface area contributed by atoms with Crippen LogP contribution < -0.4 is 0 Å². The van der Waals surface area contributed by atoms with Crippen molar-refractivity contribution in [1.82, 2.24) is 23.6 Å². The van der Waals surface area contributed by atoms with E-state index in [2.05, 4.69) is 16.1 Å². The van der Waals surface area contributed by atoms with E-state index in [1.165, 1.54) is 54.7 Å². The molecule has 1 saturated heterocycles. The van der Waals surface area contributed by atoms with Crippen molar-refractivity contribution in [3.63, 3.8) is 0 Å². The standard InChI is InChI=1S/C28H33N5O2S/c1-31-19-23(18-30-31)27-20-33(36(34,35)25-8-4-2-5-9-25)28-26(27)16-22(17-29-28)21-10-12-24(13-11-21)32-14-6-3-7-15-32/h2,4-5,8-9,16-21,24H,3,6-7,10-15H2,1H3/t21-,24-. The minimum absolute atomic E-state index is 0.251. The second-order valence-electron chi connectivity index (χ2n) is 10.3. The molecule has 2 fully saturated rings. The number of fused-ring (bicyclic) bond motifs is 1. The highest BCUT2D eigenvalue weighted by Gasteiger charge is 2.29. The summed E-state index contributed by atoms with van der Waals surface area (Å²) in [6.45, 7) is 2.50. The zero-order valence-electron chi connectivity index (χ0n) is 20.8. The molecule has 36 heavy (non-hydrogen) atoms. The normalized spacial score (nSPS) is 21.7. The van der Waals surface area contributed by atoms with Crippen molar-refractivity contribution in [2.24, 2.45) is 7.05 Å². The summed E-state index contributed by atoms with van der Waals surface area (Å²) in [7, 11) is -1.91. The van der Waals surface area contributed by atoms with Crippen LogP contribution in [-0.2, 0) is 17.1 Å². The number of pyridine rings is 1. The van der Waals surface area contributed by atoms with Crippen molar-refractivity contribution in [1.29, 1.82) is 0 Å². The Balaban J connectivity index is 1.36. The van der Waals surface area contributed by atoms with Crippen LogP contribution in [0.2, 0.25) is 0 Å². The molecule has 0 radical (unpaired) electrons. The molecule has 0 bridgehead atoms. The predicted molar refractivity (Wildman–Crippen MR) is 141 cm³/mol. The van der Waals surface area contributed by atoms with Crippen LogP contribution >= 0.6 is 0 Å². The van der Waals surface area contributed by atoms with Gasteiger partial charge in [-0.15, -0.1) is 0 Å². The zero-order chi connectivity index (χ0) is 24.7. The molecule has 0 spiro atoms. The molecule has 6 rings (SSSR count). The quantitative estimate of drug-likeness (QED) is 0.375. The molecule has 1 saturated carbocycles. The first kappa shape index (κ1) is 23.4. The number of nitrogens with zero attached hydrogens (tertiary/aromatic N) is 5. The van der Waals surface area contributed by atoms with Gasteiger partial charge >= 0.3 is 0 Å². The topological polar surface area (TPSA) is 73.0 Å². The third-order valence-corrected chi connectivity index (χ3v) is 9.69. The van der Waals surface area contributed by atoms with Gasteiger partial charge < -0.3 is 4.90 Å². The fourth-order valence-corrected chi connectivity index (χ4v) is 7.40. The Labute approximate surface area is 212 Å². The van der Waals surface area contributed by atoms with Gasteiger partial charge in [0.15, 0.2) is 5.65 Å². The molecular formula is C28H33N5O2S. The van der Waals surface area contributed by atoms with E-state index in [4.69, 9.17) is 4.98 Å². The van der Waals surface area contributed by atoms with E-state index in [9.17, 15) is 8.42 Å². The second-order valence-corrected chi connectivity index (χ2v) is 12.1. The Bertz CT molecular complexity index is 1460. The summed E-state index contributed by atoms with van der Waals surface area (Å²) in [6, 6.07) is 11.4. The summed E-state index contributed by atoms with van der Waals surface area (Å²) in [5.74, 6) is 0.457. The maximum atomic E-state index is 13.6. The van der Waals surface area contributed by atoms with Gasteiger partial charge in [-0.25, -0.2) is 17.4 Å². The molecule has 1 aliphatic carbocycles. The van der Waals surface area contributed by atoms with Crippen molar-refractivity contribution in [2.45, 2.75) is 61.8 Å². The van der Waals surface area contributed by atoms with Gasteiger partial charge in [0.1, 0.15) is 0 Å². The van der Waals surface area contributed by atoms with Crippen LogP contribution in [0.5, 0.6) is 0 Å². The molecule has 8 heteroatoms. The number of hydrogen-bond acceptors (Lipinski definition) is 5. The Hall–Kier alpha value is -2.97. The Morgan fingerprint density at radius 2 is 1.67 bits per heavy atom. The van der Waals surface area contributed by atoms with Crippen LogP contribution in [0.25, 0.3) is 22.2 Å². The van der Waals surface area contributed by atoms with Gasteiger partial charge in [-0.05, 0) is 81.3 Å². The van der Waals surface area contributed by atoms with Crippen LogP contribution in [0.4, 0.5) is 0 Å². The number of aryl methyl sites for hydroxylation is 1. The van der Waals surface area contributed by atoms with Crippen LogP contribution in [0.3, 0.4) is 0 Å². The molecule has 1 aliphatic heterocycles. The third-order valence-electron chi connectivity index (χ3n) is 8.02. The molecule has 0 atom stereocenters. The molecule has 3 aromatic heterocycles. The second kappa shape index (κ2) is 9.48. The third kappa shape index (κ3) is 4.26. The van der Waals surface area contributed by atoms with E-state index in [0.29, 0.717) is 17.6 Å². The Kier molecular flexibility index (Phi) is 6.17. The summed E-state index contributed by atoms with van der Waals surface area (Å²) in [5, 5.41) is 5.19. The largest absolute Gasteiger partial charge is 0.300 e. The summed E-state index contributed by atoms with van der Waals surface area (Å²) in [5.41, 5.74) is 3.40. The minimum atomic E-state index is -3.78. The zero-order valence-corrected chi connectivity index (χ0v) is 21.6. The molecule has 4 aromatic rings. The van der Waals surface area contributed by atoms with Gasteiger partial charge in [0.25, 0.3) is 10.0 Å². The predicted octanol–water partition coefficient (Wildman–Crippen LogP) is 5.19. The lowest BCUT2D eigenvalue weighted by Crippen LogP contribution is -2.41. The monoisotopic (exact) mass is 503 g/mol. The lowest BCUT2D eigenvalue weighted by Gasteiger charge is -2.39. The minimum Gasteiger partial charge on any atom is -0.300 e. The number of piperidine rings is 1. The number of benzene rings is 1. The van der Waals surface area contributed by atoms with Crippen LogP contribution in [0.15, 0.2) is 66.1 Å². The molecule has 0 N–H and O–H groups in total. The summed E-state index contributed by atoms with van der Waals surface area (Å²) in [6.07, 6.45) is 16.1. The van der Waals surface area contributed by atoms with Crippen LogP contribution in [-0.4, -0.2) is 51.2 Å². The highest BCUT2D eigenvalue weighted by molar-refractivity contribution is 7.90. The van der Waals surface area contributed by atoms with Gasteiger partial charge in [0.2, 0.25) is 0 Å². The molecule has 7 nitrogen and oxygen atoms in total. The molecule has 2 aliphatic rings. The maximum absolute atomic E-state index is 13.6. The van der Waals surface area contributed by atoms with Crippen LogP contribution in [0, 0.1) is 0 Å². The number of hydrogen-bond donors (Lipinski definition) is 0. The molecule has 4 heterocycles. The average molecular weight is 504 g/mol. The Morgan fingerprint density at radius 3 is 2.36 bits per heavy atom. The summed E-state index contributed by atoms with van der Waals surface area (Å²) >= 11 is 0. The van der Waals surface area contributed by atoms with Gasteiger partial charge in [-0.3, -0.25) is 4.68 Å². The van der Waals surface area contributed by atoms with Gasteiger partial charge in [-0.1, -0.05) is 24.6 Å². The van der Waals surface area contributed by atoms with Gasteiger partial charge in [0, 0.05) is 48.2 Å². The lowest BCUT2D eigenvalue weighted by molar-refractivity contribution is 0.125. The van der Waals surface area contributed by atoms with E-state index in [1.807, 2.05) is 25.5 Å². The first-order chi connectivity index (χ1) is 17.5. The average Bonchev–Trinajstić information content (AvgIpc) is 3.53. The fraction of sp³-hybridized carbons (Fsp3) is 0.429. The SMILES string of the molecule is Cn1cc(-c2cn(S(=O)(=O)c3ccccc3)c3ncc([C@H]4CC[C@H](N5CCCCC5)CC4)cc23)cn1. The van der Waals surface area contributed by atoms with Gasteiger partial charge in [-0.2, -0.15) is 5.10 Å². The molecule has 188 valence electrons. The van der Waals surface area contributed by atoms with Crippen LogP contribution in [0.1, 0.15) is 56.4 Å². The number of rotatable bonds is 5. The lowest BCUT2D eigenvalue weighted by atomic mass is 9.81. The molecule has 1 aromatic carbocycles. The number of aromatic nitrogens is 4. The highest BCUT2D eigenvalue weighted by atomic mass is 32.2. The highest BCUT2D eigenvalue weighted by Crippen LogP contribution is 2.38.